The van der Waals surface area contributed by atoms with Crippen LogP contribution < -0.4 is 0 Å². The quantitative estimate of drug-likeness (QED) is 0.683. The summed E-state index contributed by atoms with van der Waals surface area (Å²) < 4.78 is 0. The van der Waals surface area contributed by atoms with E-state index in [1.54, 1.807) is 6.08 Å². The highest BCUT2D eigenvalue weighted by molar-refractivity contribution is 5.76. The zero-order valence-electron chi connectivity index (χ0n) is 13.5. The molecule has 0 bridgehead atoms. The maximum Gasteiger partial charge on any atom is 0.151 e. The zero-order chi connectivity index (χ0) is 16.4. The third-order valence-corrected chi connectivity index (χ3v) is 4.47. The van der Waals surface area contributed by atoms with E-state index in [4.69, 9.17) is 0 Å². The highest BCUT2D eigenvalue weighted by Crippen LogP contribution is 2.29. The summed E-state index contributed by atoms with van der Waals surface area (Å²) in [6, 6.07) is 8.41. The Morgan fingerprint density at radius 3 is 2.61 bits per heavy atom. The van der Waals surface area contributed by atoms with Crippen LogP contribution in [0.4, 0.5) is 0 Å². The van der Waals surface area contributed by atoms with Gasteiger partial charge in [0.1, 0.15) is 5.76 Å². The summed E-state index contributed by atoms with van der Waals surface area (Å²) in [6.45, 7) is 4.48. The van der Waals surface area contributed by atoms with Crippen molar-refractivity contribution in [2.45, 2.75) is 32.7 Å². The Labute approximate surface area is 137 Å². The molecule has 3 nitrogen and oxygen atoms in total. The molecule has 1 aliphatic heterocycles. The molecule has 1 aromatic rings. The Balaban J connectivity index is 1.75. The molecule has 1 N–H and O–H groups in total. The van der Waals surface area contributed by atoms with Crippen LogP contribution in [0.1, 0.15) is 43.9 Å². The minimum absolute atomic E-state index is 0.0756. The molecule has 0 unspecified atom stereocenters. The van der Waals surface area contributed by atoms with Crippen LogP contribution in [0.25, 0.3) is 0 Å². The van der Waals surface area contributed by atoms with E-state index < -0.39 is 0 Å². The average Bonchev–Trinajstić information content (AvgIpc) is 3.37. The lowest BCUT2D eigenvalue weighted by Crippen LogP contribution is -2.31. The predicted octanol–water partition coefficient (Wildman–Crippen LogP) is 3.74. The molecule has 118 valence electrons. The van der Waals surface area contributed by atoms with Gasteiger partial charge in [-0.3, -0.25) is 4.79 Å². The van der Waals surface area contributed by atoms with E-state index in [0.29, 0.717) is 18.0 Å². The maximum absolute atomic E-state index is 11.1. The second-order valence-corrected chi connectivity index (χ2v) is 6.28. The minimum Gasteiger partial charge on any atom is -0.507 e. The largest absolute Gasteiger partial charge is 0.507 e. The number of aldehydes is 1. The van der Waals surface area contributed by atoms with E-state index in [1.807, 2.05) is 6.92 Å². The van der Waals surface area contributed by atoms with Crippen LogP contribution >= 0.6 is 0 Å². The molecule has 1 aromatic carbocycles. The molecule has 1 fully saturated rings. The predicted molar refractivity (Wildman–Crippen MR) is 90.6 cm³/mol. The lowest BCUT2D eigenvalue weighted by Gasteiger charge is -2.34. The topological polar surface area (TPSA) is 40.5 Å². The molecule has 0 spiro atoms. The number of carbonyl (C=O) groups is 1. The highest BCUT2D eigenvalue weighted by Gasteiger charge is 2.22. The van der Waals surface area contributed by atoms with Gasteiger partial charge in [0.05, 0.1) is 18.2 Å². The summed E-state index contributed by atoms with van der Waals surface area (Å²) >= 11 is 0. The first-order valence-corrected chi connectivity index (χ1v) is 8.02. The van der Waals surface area contributed by atoms with Gasteiger partial charge in [0.25, 0.3) is 0 Å². The summed E-state index contributed by atoms with van der Waals surface area (Å²) in [4.78, 5) is 13.2. The van der Waals surface area contributed by atoms with Gasteiger partial charge in [-0.15, -0.1) is 0 Å². The normalized spacial score (nSPS) is 18.9. The van der Waals surface area contributed by atoms with Gasteiger partial charge in [-0.25, -0.2) is 0 Å². The molecule has 2 aliphatic rings. The Hall–Kier alpha value is -2.47. The van der Waals surface area contributed by atoms with Gasteiger partial charge in [-0.2, -0.15) is 0 Å². The number of hydrogen-bond acceptors (Lipinski definition) is 3. The molecule has 1 atom stereocenters. The number of aliphatic hydroxyl groups is 1. The van der Waals surface area contributed by atoms with Crippen LogP contribution in [0.15, 0.2) is 47.4 Å². The monoisotopic (exact) mass is 307 g/mol. The molecule has 23 heavy (non-hydrogen) atoms. The summed E-state index contributed by atoms with van der Waals surface area (Å²) in [7, 11) is 0. The fourth-order valence-corrected chi connectivity index (χ4v) is 2.74. The van der Waals surface area contributed by atoms with Crippen molar-refractivity contribution in [2.75, 3.05) is 6.54 Å². The molecule has 0 aromatic heterocycles. The molecule has 0 radical (unpaired) electrons. The lowest BCUT2D eigenvalue weighted by atomic mass is 10.0. The highest BCUT2D eigenvalue weighted by atomic mass is 16.3. The number of benzene rings is 1. The van der Waals surface area contributed by atoms with Crippen LogP contribution in [-0.2, 0) is 4.79 Å². The summed E-state index contributed by atoms with van der Waals surface area (Å²) in [5.41, 5.74) is 3.60. The third-order valence-electron chi connectivity index (χ3n) is 4.47. The van der Waals surface area contributed by atoms with Gasteiger partial charge in [0.2, 0.25) is 0 Å². The smallest absolute Gasteiger partial charge is 0.151 e. The molecule has 1 saturated carbocycles. The van der Waals surface area contributed by atoms with Gasteiger partial charge < -0.3 is 10.0 Å². The average molecular weight is 307 g/mol. The fraction of sp³-hybridized carbons (Fsp3) is 0.350. The van der Waals surface area contributed by atoms with Crippen LogP contribution in [0, 0.1) is 17.8 Å². The first kappa shape index (κ1) is 15.4. The first-order valence-electron chi connectivity index (χ1n) is 8.02. The van der Waals surface area contributed by atoms with Crippen molar-refractivity contribution < 1.29 is 9.90 Å². The van der Waals surface area contributed by atoms with E-state index in [9.17, 15) is 9.90 Å². The van der Waals surface area contributed by atoms with E-state index in [2.05, 4.69) is 47.9 Å². The van der Waals surface area contributed by atoms with E-state index in [0.717, 1.165) is 17.5 Å². The molecule has 0 amide bonds. The van der Waals surface area contributed by atoms with Crippen molar-refractivity contribution in [1.82, 2.24) is 4.90 Å². The molecule has 0 saturated heterocycles. The SMILES string of the molecule is CC1=CC(O)=C(C=O)CN1[C@H](C)c1ccc(C#CC2CC2)cc1. The van der Waals surface area contributed by atoms with Crippen molar-refractivity contribution in [3.05, 3.63) is 58.5 Å². The van der Waals surface area contributed by atoms with Crippen LogP contribution in [0.3, 0.4) is 0 Å². The molecule has 3 rings (SSSR count). The second kappa shape index (κ2) is 6.34. The van der Waals surface area contributed by atoms with Crippen molar-refractivity contribution in [3.8, 4) is 11.8 Å². The van der Waals surface area contributed by atoms with Crippen LogP contribution in [-0.4, -0.2) is 22.8 Å². The van der Waals surface area contributed by atoms with Crippen molar-refractivity contribution in [1.29, 1.82) is 0 Å². The van der Waals surface area contributed by atoms with Gasteiger partial charge >= 0.3 is 0 Å². The molecule has 1 heterocycles. The molecular formula is C20H21NO2. The van der Waals surface area contributed by atoms with Gasteiger partial charge in [-0.1, -0.05) is 24.0 Å². The van der Waals surface area contributed by atoms with Crippen molar-refractivity contribution in [2.24, 2.45) is 5.92 Å². The molecular weight excluding hydrogens is 286 g/mol. The Morgan fingerprint density at radius 1 is 1.30 bits per heavy atom. The number of rotatable bonds is 3. The summed E-state index contributed by atoms with van der Waals surface area (Å²) in [5.74, 6) is 7.17. The summed E-state index contributed by atoms with van der Waals surface area (Å²) in [6.07, 6.45) is 4.86. The summed E-state index contributed by atoms with van der Waals surface area (Å²) in [5, 5.41) is 9.78. The Bertz CT molecular complexity index is 727. The van der Waals surface area contributed by atoms with E-state index in [-0.39, 0.29) is 11.8 Å². The Kier molecular flexibility index (Phi) is 4.25. The number of carbonyl (C=O) groups excluding carboxylic acids is 1. The van der Waals surface area contributed by atoms with Crippen LogP contribution in [0.2, 0.25) is 0 Å². The number of nitrogens with zero attached hydrogens (tertiary/aromatic N) is 1. The lowest BCUT2D eigenvalue weighted by molar-refractivity contribution is -0.105. The standard InChI is InChI=1S/C20H21NO2/c1-14-11-20(23)19(13-22)12-21(14)15(2)18-9-7-17(8-10-18)6-5-16-3-4-16/h7-11,13,15-16,23H,3-4,12H2,1-2H3/t15-/m1/s1. The zero-order valence-corrected chi connectivity index (χ0v) is 13.5. The van der Waals surface area contributed by atoms with Crippen molar-refractivity contribution >= 4 is 6.29 Å². The number of aliphatic hydroxyl groups excluding tert-OH is 1. The fourth-order valence-electron chi connectivity index (χ4n) is 2.74. The third kappa shape index (κ3) is 3.48. The Morgan fingerprint density at radius 2 is 2.00 bits per heavy atom. The van der Waals surface area contributed by atoms with Crippen LogP contribution in [0.5, 0.6) is 0 Å². The molecule has 1 aliphatic carbocycles. The number of hydrogen-bond donors (Lipinski definition) is 1. The van der Waals surface area contributed by atoms with Crippen molar-refractivity contribution in [3.63, 3.8) is 0 Å². The van der Waals surface area contributed by atoms with Gasteiger partial charge in [0, 0.05) is 17.2 Å². The van der Waals surface area contributed by atoms with Gasteiger partial charge in [-0.05, 0) is 50.5 Å². The second-order valence-electron chi connectivity index (χ2n) is 6.28. The van der Waals surface area contributed by atoms with Gasteiger partial charge in [0.15, 0.2) is 6.29 Å². The first-order chi connectivity index (χ1) is 11.1. The minimum atomic E-state index is 0.0756. The van der Waals surface area contributed by atoms with E-state index in [1.165, 1.54) is 18.4 Å². The number of allylic oxidation sites excluding steroid dienone is 2. The maximum atomic E-state index is 11.1. The van der Waals surface area contributed by atoms with E-state index >= 15 is 0 Å². The molecule has 3 heteroatoms.